The van der Waals surface area contributed by atoms with E-state index in [0.29, 0.717) is 5.92 Å². The van der Waals surface area contributed by atoms with Gasteiger partial charge < -0.3 is 0 Å². The lowest BCUT2D eigenvalue weighted by molar-refractivity contribution is 0.442. The average Bonchev–Trinajstić information content (AvgIpc) is 2.34. The van der Waals surface area contributed by atoms with Gasteiger partial charge in [-0.2, -0.15) is 0 Å². The van der Waals surface area contributed by atoms with Gasteiger partial charge in [-0.3, -0.25) is 0 Å². The van der Waals surface area contributed by atoms with E-state index in [1.807, 2.05) is 6.07 Å². The van der Waals surface area contributed by atoms with E-state index in [4.69, 9.17) is 0 Å². The second kappa shape index (κ2) is 8.33. The van der Waals surface area contributed by atoms with Crippen molar-refractivity contribution in [3.8, 4) is 0 Å². The van der Waals surface area contributed by atoms with Crippen molar-refractivity contribution in [2.24, 2.45) is 5.92 Å². The van der Waals surface area contributed by atoms with Crippen LogP contribution >= 0.6 is 0 Å². The molecule has 0 saturated carbocycles. The van der Waals surface area contributed by atoms with Gasteiger partial charge in [-0.05, 0) is 29.9 Å². The summed E-state index contributed by atoms with van der Waals surface area (Å²) in [4.78, 5) is 0. The van der Waals surface area contributed by atoms with E-state index in [1.165, 1.54) is 44.1 Å². The monoisotopic (exact) mass is 231 g/mol. The highest BCUT2D eigenvalue weighted by molar-refractivity contribution is 5.18. The summed E-state index contributed by atoms with van der Waals surface area (Å²) in [5.41, 5.74) is 1.40. The Morgan fingerprint density at radius 3 is 2.41 bits per heavy atom. The summed E-state index contributed by atoms with van der Waals surface area (Å²) in [6, 6.07) is 11.9. The number of unbranched alkanes of at least 4 members (excludes halogenated alkanes) is 4. The highest BCUT2D eigenvalue weighted by Crippen LogP contribution is 2.29. The third kappa shape index (κ3) is 5.39. The lowest BCUT2D eigenvalue weighted by atomic mass is 9.84. The van der Waals surface area contributed by atoms with Crippen molar-refractivity contribution in [3.63, 3.8) is 0 Å². The molecule has 1 atom stereocenters. The van der Waals surface area contributed by atoms with Crippen LogP contribution < -0.4 is 0 Å². The quantitative estimate of drug-likeness (QED) is 0.512. The summed E-state index contributed by atoms with van der Waals surface area (Å²) in [5.74, 6) is 1.41. The molecule has 17 heavy (non-hydrogen) atoms. The molecule has 0 fully saturated rings. The maximum absolute atomic E-state index is 3.40. The van der Waals surface area contributed by atoms with Gasteiger partial charge in [0, 0.05) is 0 Å². The molecule has 0 saturated heterocycles. The highest BCUT2D eigenvalue weighted by atomic mass is 14.2. The maximum Gasteiger partial charge on any atom is -0.0133 e. The van der Waals surface area contributed by atoms with E-state index >= 15 is 0 Å². The van der Waals surface area contributed by atoms with Crippen LogP contribution in [0.3, 0.4) is 0 Å². The second-order valence-corrected chi connectivity index (χ2v) is 5.37. The van der Waals surface area contributed by atoms with Gasteiger partial charge in [0.1, 0.15) is 0 Å². The van der Waals surface area contributed by atoms with Crippen LogP contribution in [0.2, 0.25) is 0 Å². The summed E-state index contributed by atoms with van der Waals surface area (Å²) in [5, 5.41) is 0. The van der Waals surface area contributed by atoms with Gasteiger partial charge >= 0.3 is 0 Å². The van der Waals surface area contributed by atoms with Gasteiger partial charge in [0.2, 0.25) is 0 Å². The van der Waals surface area contributed by atoms with Gasteiger partial charge in [-0.15, -0.1) is 0 Å². The molecule has 0 spiro atoms. The second-order valence-electron chi connectivity index (χ2n) is 5.37. The molecule has 1 aromatic carbocycles. The number of benzene rings is 1. The Morgan fingerprint density at radius 2 is 1.82 bits per heavy atom. The van der Waals surface area contributed by atoms with Crippen LogP contribution in [-0.4, -0.2) is 0 Å². The summed E-state index contributed by atoms with van der Waals surface area (Å²) >= 11 is 0. The van der Waals surface area contributed by atoms with Crippen LogP contribution in [0.15, 0.2) is 24.3 Å². The molecule has 0 aliphatic carbocycles. The van der Waals surface area contributed by atoms with Crippen molar-refractivity contribution < 1.29 is 0 Å². The van der Waals surface area contributed by atoms with E-state index in [9.17, 15) is 0 Å². The molecule has 1 unspecified atom stereocenters. The van der Waals surface area contributed by atoms with Crippen LogP contribution in [0.5, 0.6) is 0 Å². The minimum absolute atomic E-state index is 0.692. The van der Waals surface area contributed by atoms with Gasteiger partial charge in [0.05, 0.1) is 0 Å². The summed E-state index contributed by atoms with van der Waals surface area (Å²) < 4.78 is 0. The van der Waals surface area contributed by atoms with Crippen molar-refractivity contribution in [2.45, 2.75) is 65.2 Å². The molecule has 0 bridgehead atoms. The molecule has 0 aliphatic rings. The van der Waals surface area contributed by atoms with Crippen LogP contribution in [0, 0.1) is 12.0 Å². The molecular weight excluding hydrogens is 204 g/mol. The Kier molecular flexibility index (Phi) is 7.00. The van der Waals surface area contributed by atoms with Crippen molar-refractivity contribution in [1.82, 2.24) is 0 Å². The summed E-state index contributed by atoms with van der Waals surface area (Å²) in [6.07, 6.45) is 8.21. The fourth-order valence-corrected chi connectivity index (χ4v) is 2.45. The summed E-state index contributed by atoms with van der Waals surface area (Å²) in [6.45, 7) is 6.94. The molecule has 0 N–H and O–H groups in total. The first-order valence-electron chi connectivity index (χ1n) is 7.22. The van der Waals surface area contributed by atoms with Gasteiger partial charge in [-0.25, -0.2) is 0 Å². The Hall–Kier alpha value is -0.780. The minimum atomic E-state index is 0.692. The zero-order valence-electron chi connectivity index (χ0n) is 11.7. The van der Waals surface area contributed by atoms with E-state index in [2.05, 4.69) is 45.0 Å². The molecule has 0 nitrogen and oxygen atoms in total. The van der Waals surface area contributed by atoms with E-state index in [0.717, 1.165) is 5.92 Å². The molecule has 0 heteroatoms. The molecule has 0 aliphatic heterocycles. The largest absolute Gasteiger partial charge is 0.0654 e. The molecule has 1 rings (SSSR count). The maximum atomic E-state index is 3.40. The van der Waals surface area contributed by atoms with E-state index in [1.54, 1.807) is 0 Å². The van der Waals surface area contributed by atoms with Crippen LogP contribution in [0.1, 0.15) is 70.8 Å². The molecule has 1 radical (unpaired) electrons. The fraction of sp³-hybridized carbons (Fsp3) is 0.647. The van der Waals surface area contributed by atoms with Crippen LogP contribution in [0.4, 0.5) is 0 Å². The normalized spacial score (nSPS) is 12.9. The molecule has 0 heterocycles. The van der Waals surface area contributed by atoms with Gasteiger partial charge in [-0.1, -0.05) is 77.1 Å². The predicted molar refractivity (Wildman–Crippen MR) is 76.2 cm³/mol. The Balaban J connectivity index is 2.40. The third-order valence-corrected chi connectivity index (χ3v) is 3.56. The van der Waals surface area contributed by atoms with Crippen molar-refractivity contribution in [1.29, 1.82) is 0 Å². The number of rotatable bonds is 8. The van der Waals surface area contributed by atoms with E-state index < -0.39 is 0 Å². The fourth-order valence-electron chi connectivity index (χ4n) is 2.45. The van der Waals surface area contributed by atoms with Gasteiger partial charge in [0.15, 0.2) is 0 Å². The Morgan fingerprint density at radius 1 is 1.06 bits per heavy atom. The Bertz CT molecular complexity index is 273. The molecular formula is C17H27. The topological polar surface area (TPSA) is 0 Å². The van der Waals surface area contributed by atoms with Gasteiger partial charge in [0.25, 0.3) is 0 Å². The third-order valence-electron chi connectivity index (χ3n) is 3.56. The zero-order valence-corrected chi connectivity index (χ0v) is 11.7. The van der Waals surface area contributed by atoms with Crippen molar-refractivity contribution >= 4 is 0 Å². The molecule has 0 aromatic heterocycles. The van der Waals surface area contributed by atoms with E-state index in [-0.39, 0.29) is 0 Å². The standard InChI is InChI=1S/C17H27/c1-4-5-6-7-11-14-17(15(2)3)16-12-9-8-10-13-16/h8-10,12,15,17H,4-7,11,14H2,1-3H3. The van der Waals surface area contributed by atoms with Crippen LogP contribution in [-0.2, 0) is 0 Å². The van der Waals surface area contributed by atoms with Crippen molar-refractivity contribution in [2.75, 3.05) is 0 Å². The Labute approximate surface area is 107 Å². The lowest BCUT2D eigenvalue weighted by Crippen LogP contribution is -2.06. The number of hydrogen-bond acceptors (Lipinski definition) is 0. The number of hydrogen-bond donors (Lipinski definition) is 0. The smallest absolute Gasteiger partial charge is 0.0133 e. The lowest BCUT2D eigenvalue weighted by Gasteiger charge is -2.21. The SMILES string of the molecule is CCCCCCCC(c1[c]cccc1)C(C)C. The van der Waals surface area contributed by atoms with Crippen LogP contribution in [0.25, 0.3) is 0 Å². The highest BCUT2D eigenvalue weighted by Gasteiger charge is 2.14. The molecule has 1 aromatic rings. The molecule has 95 valence electrons. The average molecular weight is 231 g/mol. The first kappa shape index (κ1) is 14.3. The first-order valence-corrected chi connectivity index (χ1v) is 7.22. The minimum Gasteiger partial charge on any atom is -0.0654 e. The first-order chi connectivity index (χ1) is 8.25. The summed E-state index contributed by atoms with van der Waals surface area (Å²) in [7, 11) is 0. The molecule has 0 amide bonds. The van der Waals surface area contributed by atoms with Crippen molar-refractivity contribution in [3.05, 3.63) is 35.9 Å². The zero-order chi connectivity index (χ0) is 12.5. The predicted octanol–water partition coefficient (Wildman–Crippen LogP) is 5.59.